The topological polar surface area (TPSA) is 46.9 Å². The number of nitrogens with one attached hydrogen (secondary N) is 1. The predicted molar refractivity (Wildman–Crippen MR) is 97.5 cm³/mol. The number of carbonyl (C=O) groups is 1. The van der Waals surface area contributed by atoms with Gasteiger partial charge in [-0.1, -0.05) is 40.2 Å². The molecule has 0 radical (unpaired) electrons. The highest BCUT2D eigenvalue weighted by Crippen LogP contribution is 2.29. The van der Waals surface area contributed by atoms with Crippen molar-refractivity contribution in [1.82, 2.24) is 14.9 Å². The largest absolute Gasteiger partial charge is 0.349 e. The van der Waals surface area contributed by atoms with Crippen molar-refractivity contribution in [3.8, 4) is 0 Å². The summed E-state index contributed by atoms with van der Waals surface area (Å²) in [6.07, 6.45) is 2.03. The first-order valence-electron chi connectivity index (χ1n) is 8.17. The van der Waals surface area contributed by atoms with Crippen LogP contribution in [-0.2, 0) is 17.9 Å². The number of rotatable bonds is 5. The summed E-state index contributed by atoms with van der Waals surface area (Å²) in [4.78, 5) is 16.7. The van der Waals surface area contributed by atoms with E-state index in [-0.39, 0.29) is 11.8 Å². The fraction of sp³-hybridized carbons (Fsp3) is 0.263. The van der Waals surface area contributed by atoms with E-state index in [4.69, 9.17) is 4.98 Å². The Kier molecular flexibility index (Phi) is 4.10. The molecular weight excluding hydrogens is 366 g/mol. The maximum atomic E-state index is 12.0. The zero-order valence-corrected chi connectivity index (χ0v) is 14.8. The predicted octanol–water partition coefficient (Wildman–Crippen LogP) is 3.87. The van der Waals surface area contributed by atoms with Crippen LogP contribution in [0.5, 0.6) is 0 Å². The van der Waals surface area contributed by atoms with E-state index in [1.807, 2.05) is 30.3 Å². The maximum absolute atomic E-state index is 12.0. The molecule has 3 aromatic rings. The van der Waals surface area contributed by atoms with E-state index in [0.717, 1.165) is 40.7 Å². The van der Waals surface area contributed by atoms with E-state index in [9.17, 15) is 4.79 Å². The average molecular weight is 384 g/mol. The molecule has 0 aliphatic heterocycles. The highest BCUT2D eigenvalue weighted by Gasteiger charge is 2.29. The summed E-state index contributed by atoms with van der Waals surface area (Å²) in [5, 5.41) is 3.03. The van der Waals surface area contributed by atoms with Gasteiger partial charge >= 0.3 is 0 Å². The third kappa shape index (κ3) is 3.22. The lowest BCUT2D eigenvalue weighted by atomic mass is 10.2. The van der Waals surface area contributed by atoms with E-state index >= 15 is 0 Å². The molecule has 1 N–H and O–H groups in total. The van der Waals surface area contributed by atoms with Crippen LogP contribution in [0, 0.1) is 5.92 Å². The molecule has 2 aromatic carbocycles. The third-order valence-electron chi connectivity index (χ3n) is 4.33. The monoisotopic (exact) mass is 383 g/mol. The fourth-order valence-corrected chi connectivity index (χ4v) is 3.36. The molecule has 0 unspecified atom stereocenters. The number of nitrogens with zero attached hydrogens (tertiary/aromatic N) is 2. The van der Waals surface area contributed by atoms with Crippen molar-refractivity contribution in [2.24, 2.45) is 5.92 Å². The maximum Gasteiger partial charge on any atom is 0.223 e. The van der Waals surface area contributed by atoms with Gasteiger partial charge in [0, 0.05) is 16.9 Å². The Balaban J connectivity index is 1.65. The van der Waals surface area contributed by atoms with E-state index in [2.05, 4.69) is 44.0 Å². The molecule has 1 aliphatic rings. The third-order valence-corrected chi connectivity index (χ3v) is 4.83. The second kappa shape index (κ2) is 6.40. The van der Waals surface area contributed by atoms with Crippen LogP contribution < -0.4 is 5.32 Å². The summed E-state index contributed by atoms with van der Waals surface area (Å²) < 4.78 is 3.25. The molecule has 1 fully saturated rings. The van der Waals surface area contributed by atoms with E-state index < -0.39 is 0 Å². The summed E-state index contributed by atoms with van der Waals surface area (Å²) >= 11 is 3.53. The minimum absolute atomic E-state index is 0.149. The Labute approximate surface area is 149 Å². The van der Waals surface area contributed by atoms with Crippen molar-refractivity contribution in [2.45, 2.75) is 25.9 Å². The normalized spacial score (nSPS) is 14.0. The zero-order valence-electron chi connectivity index (χ0n) is 13.2. The van der Waals surface area contributed by atoms with Gasteiger partial charge in [-0.25, -0.2) is 4.98 Å². The molecule has 0 spiro atoms. The lowest BCUT2D eigenvalue weighted by molar-refractivity contribution is -0.122. The van der Waals surface area contributed by atoms with Crippen LogP contribution in [0.4, 0.5) is 0 Å². The molecule has 0 atom stereocenters. The highest BCUT2D eigenvalue weighted by molar-refractivity contribution is 9.10. The number of benzene rings is 2. The summed E-state index contributed by atoms with van der Waals surface area (Å²) in [7, 11) is 0. The lowest BCUT2D eigenvalue weighted by Gasteiger charge is -2.11. The molecule has 24 heavy (non-hydrogen) atoms. The van der Waals surface area contributed by atoms with Crippen molar-refractivity contribution in [1.29, 1.82) is 0 Å². The molecule has 0 saturated heterocycles. The molecular formula is C19H18BrN3O. The van der Waals surface area contributed by atoms with Crippen LogP contribution in [-0.4, -0.2) is 15.5 Å². The minimum Gasteiger partial charge on any atom is -0.349 e. The molecule has 0 bridgehead atoms. The Morgan fingerprint density at radius 2 is 2.04 bits per heavy atom. The zero-order chi connectivity index (χ0) is 16.5. The molecule has 5 heteroatoms. The SMILES string of the molecule is O=C(NCc1nc2ccccc2n1Cc1cccc(Br)c1)C1CC1. The Morgan fingerprint density at radius 3 is 2.83 bits per heavy atom. The smallest absolute Gasteiger partial charge is 0.223 e. The van der Waals surface area contributed by atoms with Gasteiger partial charge < -0.3 is 9.88 Å². The van der Waals surface area contributed by atoms with Crippen LogP contribution in [0.3, 0.4) is 0 Å². The van der Waals surface area contributed by atoms with Gasteiger partial charge in [0.2, 0.25) is 5.91 Å². The van der Waals surface area contributed by atoms with Crippen LogP contribution in [0.25, 0.3) is 11.0 Å². The van der Waals surface area contributed by atoms with Crippen LogP contribution in [0.2, 0.25) is 0 Å². The van der Waals surface area contributed by atoms with Gasteiger partial charge in [-0.05, 0) is 42.7 Å². The number of fused-ring (bicyclic) bond motifs is 1. The molecule has 4 rings (SSSR count). The van der Waals surface area contributed by atoms with Crippen molar-refractivity contribution in [3.05, 3.63) is 64.4 Å². The van der Waals surface area contributed by atoms with Gasteiger partial charge in [0.05, 0.1) is 17.6 Å². The quantitative estimate of drug-likeness (QED) is 0.726. The molecule has 1 aliphatic carbocycles. The van der Waals surface area contributed by atoms with Crippen molar-refractivity contribution < 1.29 is 4.79 Å². The first-order valence-corrected chi connectivity index (χ1v) is 8.96. The van der Waals surface area contributed by atoms with Crippen LogP contribution in [0.1, 0.15) is 24.2 Å². The Morgan fingerprint density at radius 1 is 1.21 bits per heavy atom. The van der Waals surface area contributed by atoms with Crippen LogP contribution in [0.15, 0.2) is 53.0 Å². The second-order valence-corrected chi connectivity index (χ2v) is 7.14. The number of hydrogen-bond donors (Lipinski definition) is 1. The second-order valence-electron chi connectivity index (χ2n) is 6.22. The highest BCUT2D eigenvalue weighted by atomic mass is 79.9. The summed E-state index contributed by atoms with van der Waals surface area (Å²) in [6.45, 7) is 1.20. The van der Waals surface area contributed by atoms with Gasteiger partial charge in [0.25, 0.3) is 0 Å². The van der Waals surface area contributed by atoms with Gasteiger partial charge in [-0.3, -0.25) is 4.79 Å². The molecule has 1 saturated carbocycles. The number of para-hydroxylation sites is 2. The Bertz CT molecular complexity index is 899. The summed E-state index contributed by atoms with van der Waals surface area (Å²) in [6, 6.07) is 16.4. The van der Waals surface area contributed by atoms with Crippen molar-refractivity contribution >= 4 is 32.9 Å². The van der Waals surface area contributed by atoms with E-state index in [1.54, 1.807) is 0 Å². The van der Waals surface area contributed by atoms with Crippen LogP contribution >= 0.6 is 15.9 Å². The number of hydrogen-bond acceptors (Lipinski definition) is 2. The average Bonchev–Trinajstić information content (AvgIpc) is 3.37. The summed E-state index contributed by atoms with van der Waals surface area (Å²) in [5.41, 5.74) is 3.25. The minimum atomic E-state index is 0.149. The molecule has 1 aromatic heterocycles. The first-order chi connectivity index (χ1) is 11.7. The number of halogens is 1. The van der Waals surface area contributed by atoms with E-state index in [0.29, 0.717) is 6.54 Å². The number of carbonyl (C=O) groups excluding carboxylic acids is 1. The van der Waals surface area contributed by atoms with Gasteiger partial charge in [0.1, 0.15) is 5.82 Å². The Hall–Kier alpha value is -2.14. The molecule has 122 valence electrons. The number of amides is 1. The number of imidazole rings is 1. The molecule has 1 amide bonds. The lowest BCUT2D eigenvalue weighted by Crippen LogP contribution is -2.26. The first kappa shape index (κ1) is 15.4. The fourth-order valence-electron chi connectivity index (χ4n) is 2.91. The van der Waals surface area contributed by atoms with Gasteiger partial charge in [-0.15, -0.1) is 0 Å². The number of aromatic nitrogens is 2. The molecule has 4 nitrogen and oxygen atoms in total. The molecule has 1 heterocycles. The van der Waals surface area contributed by atoms with E-state index in [1.165, 1.54) is 5.56 Å². The van der Waals surface area contributed by atoms with Gasteiger partial charge in [0.15, 0.2) is 0 Å². The summed E-state index contributed by atoms with van der Waals surface area (Å²) in [5.74, 6) is 1.26. The van der Waals surface area contributed by atoms with Gasteiger partial charge in [-0.2, -0.15) is 0 Å². The van der Waals surface area contributed by atoms with Crippen molar-refractivity contribution in [3.63, 3.8) is 0 Å². The standard InChI is InChI=1S/C19H18BrN3O/c20-15-5-3-4-13(10-15)12-23-17-7-2-1-6-16(17)22-18(23)11-21-19(24)14-8-9-14/h1-7,10,14H,8-9,11-12H2,(H,21,24). The van der Waals surface area contributed by atoms with Crippen molar-refractivity contribution in [2.75, 3.05) is 0 Å².